The van der Waals surface area contributed by atoms with Crippen LogP contribution in [0.4, 0.5) is 0 Å². The molecule has 1 fully saturated rings. The van der Waals surface area contributed by atoms with Crippen molar-refractivity contribution < 1.29 is 41.8 Å². The fraction of sp³-hybridized carbons (Fsp3) is 0.429. The fourth-order valence-corrected chi connectivity index (χ4v) is 5.28. The molecular formula is C21H23NO9S. The fourth-order valence-electron chi connectivity index (χ4n) is 3.33. The molecule has 0 bridgehead atoms. The van der Waals surface area contributed by atoms with Gasteiger partial charge in [-0.2, -0.15) is 0 Å². The molecule has 2 aliphatic heterocycles. The molecule has 2 atom stereocenters. The first-order valence-corrected chi connectivity index (χ1v) is 11.4. The van der Waals surface area contributed by atoms with Crippen LogP contribution in [-0.4, -0.2) is 66.6 Å². The van der Waals surface area contributed by atoms with Gasteiger partial charge >= 0.3 is 17.9 Å². The number of amides is 1. The molecule has 11 heteroatoms. The maximum Gasteiger partial charge on any atom is 0.355 e. The first kappa shape index (κ1) is 23.5. The van der Waals surface area contributed by atoms with Crippen LogP contribution in [0.5, 0.6) is 0 Å². The first-order valence-electron chi connectivity index (χ1n) is 9.71. The van der Waals surface area contributed by atoms with Gasteiger partial charge in [0.1, 0.15) is 17.9 Å². The number of β-lactam (4-membered cyclic amide) rings is 1. The summed E-state index contributed by atoms with van der Waals surface area (Å²) in [5, 5.41) is -1.58. The highest BCUT2D eigenvalue weighted by atomic mass is 32.2. The third-order valence-electron chi connectivity index (χ3n) is 4.60. The Morgan fingerprint density at radius 2 is 1.72 bits per heavy atom. The highest BCUT2D eigenvalue weighted by molar-refractivity contribution is 7.92. The average Bonchev–Trinajstić information content (AvgIpc) is 2.68. The Morgan fingerprint density at radius 1 is 1.09 bits per heavy atom. The van der Waals surface area contributed by atoms with Gasteiger partial charge < -0.3 is 14.2 Å². The van der Waals surface area contributed by atoms with Crippen molar-refractivity contribution >= 4 is 33.7 Å². The van der Waals surface area contributed by atoms with Crippen LogP contribution < -0.4 is 0 Å². The van der Waals surface area contributed by atoms with E-state index in [0.29, 0.717) is 0 Å². The Morgan fingerprint density at radius 3 is 2.28 bits per heavy atom. The number of rotatable bonds is 5. The summed E-state index contributed by atoms with van der Waals surface area (Å²) < 4.78 is 41.2. The second-order valence-electron chi connectivity index (χ2n) is 8.33. The Bertz CT molecular complexity index is 1100. The molecule has 0 radical (unpaired) electrons. The maximum absolute atomic E-state index is 12.9. The van der Waals surface area contributed by atoms with Gasteiger partial charge in [-0.1, -0.05) is 18.2 Å². The van der Waals surface area contributed by atoms with Gasteiger partial charge in [0, 0.05) is 12.5 Å². The van der Waals surface area contributed by atoms with E-state index in [2.05, 4.69) is 0 Å². The molecule has 1 saturated heterocycles. The predicted octanol–water partition coefficient (Wildman–Crippen LogP) is 0.968. The summed E-state index contributed by atoms with van der Waals surface area (Å²) in [7, 11) is -4.07. The SMILES string of the molecule is CC(=O)OCC1=C(C(=O)OC(C)(C)C)N2C(=O)[C@H](OC(=O)c3ccccc3)[C@H]2S(=O)(=O)C1. The molecule has 0 aliphatic carbocycles. The van der Waals surface area contributed by atoms with Gasteiger partial charge in [-0.3, -0.25) is 14.5 Å². The molecule has 3 rings (SSSR count). The summed E-state index contributed by atoms with van der Waals surface area (Å²) in [5.41, 5.74) is -1.20. The van der Waals surface area contributed by atoms with E-state index >= 15 is 0 Å². The number of benzene rings is 1. The van der Waals surface area contributed by atoms with Crippen molar-refractivity contribution in [1.29, 1.82) is 0 Å². The topological polar surface area (TPSA) is 133 Å². The van der Waals surface area contributed by atoms with E-state index in [9.17, 15) is 27.6 Å². The van der Waals surface area contributed by atoms with E-state index in [4.69, 9.17) is 14.2 Å². The highest BCUT2D eigenvalue weighted by Gasteiger charge is 2.62. The van der Waals surface area contributed by atoms with Crippen molar-refractivity contribution in [2.24, 2.45) is 0 Å². The Hall–Kier alpha value is -3.21. The van der Waals surface area contributed by atoms with Crippen molar-refractivity contribution in [2.75, 3.05) is 12.4 Å². The number of hydrogen-bond acceptors (Lipinski definition) is 9. The first-order chi connectivity index (χ1) is 14.8. The molecule has 10 nitrogen and oxygen atoms in total. The molecule has 0 N–H and O–H groups in total. The summed E-state index contributed by atoms with van der Waals surface area (Å²) in [6.45, 7) is 5.44. The molecule has 2 aliphatic rings. The predicted molar refractivity (Wildman–Crippen MR) is 110 cm³/mol. The van der Waals surface area contributed by atoms with Crippen molar-refractivity contribution in [3.63, 3.8) is 0 Å². The lowest BCUT2D eigenvalue weighted by Gasteiger charge is -2.48. The van der Waals surface area contributed by atoms with Crippen molar-refractivity contribution in [1.82, 2.24) is 4.90 Å². The number of carbonyl (C=O) groups excluding carboxylic acids is 4. The molecule has 1 aromatic rings. The molecule has 0 aromatic heterocycles. The van der Waals surface area contributed by atoms with Crippen LogP contribution in [0.2, 0.25) is 0 Å². The van der Waals surface area contributed by atoms with E-state index < -0.39 is 63.1 Å². The summed E-state index contributed by atoms with van der Waals surface area (Å²) in [6.07, 6.45) is -1.61. The second kappa shape index (κ2) is 8.38. The minimum absolute atomic E-state index is 0.0908. The van der Waals surface area contributed by atoms with E-state index in [1.807, 2.05) is 0 Å². The van der Waals surface area contributed by atoms with Gasteiger partial charge in [0.15, 0.2) is 15.2 Å². The summed E-state index contributed by atoms with van der Waals surface area (Å²) >= 11 is 0. The number of esters is 3. The maximum atomic E-state index is 12.9. The normalized spacial score (nSPS) is 21.9. The van der Waals surface area contributed by atoms with Gasteiger partial charge in [-0.15, -0.1) is 0 Å². The van der Waals surface area contributed by atoms with Crippen LogP contribution in [0.25, 0.3) is 0 Å². The molecular weight excluding hydrogens is 442 g/mol. The van der Waals surface area contributed by atoms with Crippen LogP contribution in [0, 0.1) is 0 Å². The second-order valence-corrected chi connectivity index (χ2v) is 10.4. The van der Waals surface area contributed by atoms with Crippen molar-refractivity contribution in [3.8, 4) is 0 Å². The Balaban J connectivity index is 1.96. The zero-order chi connectivity index (χ0) is 23.8. The van der Waals surface area contributed by atoms with Gasteiger partial charge in [0.25, 0.3) is 5.91 Å². The van der Waals surface area contributed by atoms with Gasteiger partial charge in [-0.25, -0.2) is 18.0 Å². The number of carbonyl (C=O) groups is 4. The molecule has 1 aromatic carbocycles. The van der Waals surface area contributed by atoms with Gasteiger partial charge in [-0.05, 0) is 32.9 Å². The number of nitrogens with zero attached hydrogens (tertiary/aromatic N) is 1. The van der Waals surface area contributed by atoms with Crippen LogP contribution in [-0.2, 0) is 38.4 Å². The molecule has 0 spiro atoms. The van der Waals surface area contributed by atoms with Crippen LogP contribution in [0.3, 0.4) is 0 Å². The largest absolute Gasteiger partial charge is 0.461 e. The van der Waals surface area contributed by atoms with Crippen LogP contribution in [0.1, 0.15) is 38.1 Å². The molecule has 32 heavy (non-hydrogen) atoms. The molecule has 0 saturated carbocycles. The standard InChI is InChI=1S/C21H23NO9S/c1-12(23)29-10-14-11-32(27,28)18-16(30-19(25)13-8-6-5-7-9-13)17(24)22(18)15(14)20(26)31-21(2,3)4/h5-9,16,18H,10-11H2,1-4H3/t16-,18+/m0/s1. The van der Waals surface area contributed by atoms with Crippen molar-refractivity contribution in [2.45, 2.75) is 44.8 Å². The van der Waals surface area contributed by atoms with E-state index in [1.165, 1.54) is 12.1 Å². The molecule has 0 unspecified atom stereocenters. The number of sulfone groups is 1. The number of hydrogen-bond donors (Lipinski definition) is 0. The average molecular weight is 465 g/mol. The van der Waals surface area contributed by atoms with Gasteiger partial charge in [0.2, 0.25) is 6.10 Å². The van der Waals surface area contributed by atoms with E-state index in [0.717, 1.165) is 11.8 Å². The summed E-state index contributed by atoms with van der Waals surface area (Å²) in [4.78, 5) is 50.1. The lowest BCUT2D eigenvalue weighted by molar-refractivity contribution is -0.165. The third-order valence-corrected chi connectivity index (χ3v) is 6.54. The van der Waals surface area contributed by atoms with Crippen LogP contribution >= 0.6 is 0 Å². The highest BCUT2D eigenvalue weighted by Crippen LogP contribution is 2.39. The summed E-state index contributed by atoms with van der Waals surface area (Å²) in [6, 6.07) is 7.78. The molecule has 2 heterocycles. The smallest absolute Gasteiger partial charge is 0.355 e. The zero-order valence-electron chi connectivity index (χ0n) is 18.0. The van der Waals surface area contributed by atoms with E-state index in [1.54, 1.807) is 39.0 Å². The van der Waals surface area contributed by atoms with Crippen LogP contribution in [0.15, 0.2) is 41.6 Å². The summed E-state index contributed by atoms with van der Waals surface area (Å²) in [5.74, 6) is -4.05. The minimum atomic E-state index is -4.07. The molecule has 1 amide bonds. The van der Waals surface area contributed by atoms with Crippen molar-refractivity contribution in [3.05, 3.63) is 47.2 Å². The van der Waals surface area contributed by atoms with E-state index in [-0.39, 0.29) is 16.8 Å². The number of ether oxygens (including phenoxy) is 3. The lowest BCUT2D eigenvalue weighted by Crippen LogP contribution is -2.71. The molecule has 172 valence electrons. The Labute approximate surface area is 185 Å². The minimum Gasteiger partial charge on any atom is -0.461 e. The number of fused-ring (bicyclic) bond motifs is 1. The quantitative estimate of drug-likeness (QED) is 0.354. The monoisotopic (exact) mass is 465 g/mol. The third kappa shape index (κ3) is 4.67. The lowest BCUT2D eigenvalue weighted by atomic mass is 10.0. The zero-order valence-corrected chi connectivity index (χ0v) is 18.8. The Kier molecular flexibility index (Phi) is 6.14. The van der Waals surface area contributed by atoms with Gasteiger partial charge in [0.05, 0.1) is 11.3 Å².